The molecule has 0 saturated heterocycles. The number of aryl methyl sites for hydroxylation is 2. The Hall–Kier alpha value is -4.36. The zero-order valence-electron chi connectivity index (χ0n) is 22.1. The van der Waals surface area contributed by atoms with Gasteiger partial charge in [0.25, 0.3) is 5.56 Å². The minimum absolute atomic E-state index is 0.205. The first-order chi connectivity index (χ1) is 19.2. The van der Waals surface area contributed by atoms with E-state index in [1.807, 2.05) is 13.0 Å². The number of benzene rings is 2. The maximum atomic E-state index is 14.0. The topological polar surface area (TPSA) is 126 Å². The minimum atomic E-state index is -4.48. The van der Waals surface area contributed by atoms with Gasteiger partial charge in [-0.15, -0.1) is 0 Å². The van der Waals surface area contributed by atoms with Gasteiger partial charge in [-0.3, -0.25) is 9.36 Å². The third kappa shape index (κ3) is 4.67. The largest absolute Gasteiger partial charge is 0.493 e. The van der Waals surface area contributed by atoms with E-state index in [0.29, 0.717) is 53.8 Å². The number of fused-ring (bicyclic) bond motifs is 1. The predicted molar refractivity (Wildman–Crippen MR) is 146 cm³/mol. The molecule has 5 rings (SSSR count). The zero-order valence-corrected chi connectivity index (χ0v) is 22.9. The number of hydrogen-bond donors (Lipinski definition) is 1. The molecule has 0 spiro atoms. The molecule has 1 N–H and O–H groups in total. The number of nitriles is 1. The molecule has 0 amide bonds. The molecule has 0 unspecified atom stereocenters. The molecular weight excluding hydrogens is 531 g/mol. The molecule has 1 atom stereocenters. The van der Waals surface area contributed by atoms with Crippen molar-refractivity contribution >= 4 is 9.84 Å². The normalized spacial score (nSPS) is 14.6. The fourth-order valence-corrected chi connectivity index (χ4v) is 6.64. The molecule has 0 saturated carbocycles. The zero-order chi connectivity index (χ0) is 28.6. The Kier molecular flexibility index (Phi) is 7.25. The Balaban J connectivity index is 1.64. The van der Waals surface area contributed by atoms with Crippen molar-refractivity contribution in [1.82, 2.24) is 14.5 Å². The number of aromatic hydroxyl groups is 1. The lowest BCUT2D eigenvalue weighted by Gasteiger charge is -2.23. The molecule has 10 heteroatoms. The van der Waals surface area contributed by atoms with Crippen LogP contribution < -0.4 is 5.56 Å². The molecule has 2 aromatic carbocycles. The summed E-state index contributed by atoms with van der Waals surface area (Å²) in [6.07, 6.45) is 4.42. The highest BCUT2D eigenvalue weighted by Crippen LogP contribution is 2.40. The molecule has 0 aliphatic heterocycles. The second kappa shape index (κ2) is 10.7. The lowest BCUT2D eigenvalue weighted by molar-refractivity contribution is 0.361. The van der Waals surface area contributed by atoms with Crippen molar-refractivity contribution in [1.29, 1.82) is 5.26 Å². The van der Waals surface area contributed by atoms with Crippen LogP contribution in [0.3, 0.4) is 0 Å². The summed E-state index contributed by atoms with van der Waals surface area (Å²) in [5, 5.41) is 20.9. The molecule has 204 valence electrons. The average molecular weight is 559 g/mol. The van der Waals surface area contributed by atoms with E-state index >= 15 is 0 Å². The lowest BCUT2D eigenvalue weighted by Crippen LogP contribution is -2.27. The summed E-state index contributed by atoms with van der Waals surface area (Å²) in [6.45, 7) is 3.56. The van der Waals surface area contributed by atoms with Gasteiger partial charge in [0, 0.05) is 18.2 Å². The molecule has 2 aromatic heterocycles. The molecule has 0 radical (unpaired) electrons. The minimum Gasteiger partial charge on any atom is -0.493 e. The second-order valence-corrected chi connectivity index (χ2v) is 11.7. The predicted octanol–water partition coefficient (Wildman–Crippen LogP) is 5.04. The van der Waals surface area contributed by atoms with E-state index in [1.165, 1.54) is 35.0 Å². The second-order valence-electron chi connectivity index (χ2n) is 9.84. The highest BCUT2D eigenvalue weighted by atomic mass is 32.2. The number of halogens is 1. The van der Waals surface area contributed by atoms with E-state index in [1.54, 1.807) is 25.1 Å². The highest BCUT2D eigenvalue weighted by Gasteiger charge is 2.34. The standard InChI is InChI=1S/C30H27FN4O4S/c1-3-4-5-26-34-29(36)27(30(37)35(26)25-13-10-21-7-6-19(17-32)16-24(21)25)40(38,39)22-11-8-20(9-12-22)23-14-15-33-28(31)18(23)2/h6-9,11-12,14-16,25,37H,3-5,10,13H2,1-2H3/t25-/m1/s1. The van der Waals surface area contributed by atoms with Gasteiger partial charge in [0.05, 0.1) is 22.6 Å². The maximum absolute atomic E-state index is 14.0. The van der Waals surface area contributed by atoms with Gasteiger partial charge in [-0.05, 0) is 78.8 Å². The van der Waals surface area contributed by atoms with E-state index in [2.05, 4.69) is 16.0 Å². The van der Waals surface area contributed by atoms with Crippen molar-refractivity contribution < 1.29 is 17.9 Å². The summed E-state index contributed by atoms with van der Waals surface area (Å²) in [5.74, 6) is -0.985. The van der Waals surface area contributed by atoms with Crippen molar-refractivity contribution in [2.45, 2.75) is 61.8 Å². The van der Waals surface area contributed by atoms with Crippen LogP contribution in [-0.4, -0.2) is 28.1 Å². The molecule has 8 nitrogen and oxygen atoms in total. The summed E-state index contributed by atoms with van der Waals surface area (Å²) in [6, 6.07) is 14.3. The van der Waals surface area contributed by atoms with E-state index in [-0.39, 0.29) is 4.90 Å². The van der Waals surface area contributed by atoms with Crippen LogP contribution in [0.2, 0.25) is 0 Å². The van der Waals surface area contributed by atoms with Crippen molar-refractivity contribution in [2.75, 3.05) is 0 Å². The Morgan fingerprint density at radius 1 is 1.18 bits per heavy atom. The van der Waals surface area contributed by atoms with Gasteiger partial charge in [-0.25, -0.2) is 13.4 Å². The smallest absolute Gasteiger partial charge is 0.296 e. The fraction of sp³-hybridized carbons (Fsp3) is 0.267. The van der Waals surface area contributed by atoms with E-state index in [4.69, 9.17) is 0 Å². The van der Waals surface area contributed by atoms with E-state index in [0.717, 1.165) is 17.5 Å². The Morgan fingerprint density at radius 3 is 2.62 bits per heavy atom. The van der Waals surface area contributed by atoms with Gasteiger partial charge in [-0.1, -0.05) is 31.5 Å². The number of nitrogens with zero attached hydrogens (tertiary/aromatic N) is 4. The molecule has 2 heterocycles. The lowest BCUT2D eigenvalue weighted by atomic mass is 10.0. The Bertz CT molecular complexity index is 1830. The molecule has 0 bridgehead atoms. The van der Waals surface area contributed by atoms with Crippen molar-refractivity contribution in [2.24, 2.45) is 0 Å². The van der Waals surface area contributed by atoms with Gasteiger partial charge in [0.15, 0.2) is 4.90 Å². The monoisotopic (exact) mass is 558 g/mol. The van der Waals surface area contributed by atoms with Crippen LogP contribution in [0.25, 0.3) is 11.1 Å². The number of sulfone groups is 1. The third-order valence-corrected chi connectivity index (χ3v) is 9.20. The molecule has 0 fully saturated rings. The highest BCUT2D eigenvalue weighted by molar-refractivity contribution is 7.91. The summed E-state index contributed by atoms with van der Waals surface area (Å²) in [5.41, 5.74) is 2.66. The van der Waals surface area contributed by atoms with Crippen molar-refractivity contribution in [3.8, 4) is 23.1 Å². The van der Waals surface area contributed by atoms with Gasteiger partial charge in [0.1, 0.15) is 5.82 Å². The first-order valence-corrected chi connectivity index (χ1v) is 14.5. The van der Waals surface area contributed by atoms with Crippen LogP contribution in [0.15, 0.2) is 69.3 Å². The average Bonchev–Trinajstić information content (AvgIpc) is 3.35. The van der Waals surface area contributed by atoms with Crippen LogP contribution >= 0.6 is 0 Å². The Labute approximate surface area is 231 Å². The number of hydrogen-bond acceptors (Lipinski definition) is 7. The van der Waals surface area contributed by atoms with Gasteiger partial charge in [0.2, 0.25) is 21.7 Å². The van der Waals surface area contributed by atoms with Crippen LogP contribution in [0.5, 0.6) is 5.88 Å². The van der Waals surface area contributed by atoms with Crippen LogP contribution in [0.4, 0.5) is 4.39 Å². The van der Waals surface area contributed by atoms with Gasteiger partial charge in [-0.2, -0.15) is 14.6 Å². The van der Waals surface area contributed by atoms with Crippen molar-refractivity contribution in [3.05, 3.63) is 99.1 Å². The first kappa shape index (κ1) is 27.2. The molecular formula is C30H27FN4O4S. The van der Waals surface area contributed by atoms with Gasteiger partial charge >= 0.3 is 0 Å². The van der Waals surface area contributed by atoms with Crippen LogP contribution in [-0.2, 0) is 22.7 Å². The van der Waals surface area contributed by atoms with Crippen LogP contribution in [0.1, 0.15) is 60.3 Å². The van der Waals surface area contributed by atoms with Gasteiger partial charge < -0.3 is 5.11 Å². The SMILES string of the molecule is CCCCc1nc(=O)c(S(=O)(=O)c2ccc(-c3ccnc(F)c3C)cc2)c(O)n1[C@@H]1CCc2ccc(C#N)cc21. The summed E-state index contributed by atoms with van der Waals surface area (Å²) >= 11 is 0. The van der Waals surface area contributed by atoms with Crippen molar-refractivity contribution in [3.63, 3.8) is 0 Å². The number of aromatic nitrogens is 3. The first-order valence-electron chi connectivity index (χ1n) is 13.0. The van der Waals surface area contributed by atoms with E-state index in [9.17, 15) is 28.0 Å². The molecule has 1 aliphatic rings. The maximum Gasteiger partial charge on any atom is 0.296 e. The number of unbranched alkanes of at least 4 members (excludes halogenated alkanes) is 1. The fourth-order valence-electron chi connectivity index (χ4n) is 5.30. The number of pyridine rings is 1. The molecule has 40 heavy (non-hydrogen) atoms. The van der Waals surface area contributed by atoms with Crippen LogP contribution in [0, 0.1) is 24.2 Å². The number of rotatable bonds is 7. The molecule has 1 aliphatic carbocycles. The summed E-state index contributed by atoms with van der Waals surface area (Å²) in [4.78, 5) is 20.0. The summed E-state index contributed by atoms with van der Waals surface area (Å²) in [7, 11) is -4.48. The third-order valence-electron chi connectivity index (χ3n) is 7.41. The quantitative estimate of drug-likeness (QED) is 0.315. The van der Waals surface area contributed by atoms with E-state index < -0.39 is 38.2 Å². The molecule has 4 aromatic rings. The summed E-state index contributed by atoms with van der Waals surface area (Å²) < 4.78 is 42.9. The Morgan fingerprint density at radius 2 is 1.93 bits per heavy atom.